The molecule has 1 atom stereocenters. The summed E-state index contributed by atoms with van der Waals surface area (Å²) in [5.41, 5.74) is 4.61. The normalized spacial score (nSPS) is 19.1. The highest BCUT2D eigenvalue weighted by Crippen LogP contribution is 2.32. The number of pyridine rings is 1. The van der Waals surface area contributed by atoms with Crippen LogP contribution in [0.1, 0.15) is 54.9 Å². The summed E-state index contributed by atoms with van der Waals surface area (Å²) >= 11 is 0. The van der Waals surface area contributed by atoms with Crippen LogP contribution in [0.4, 0.5) is 5.82 Å². The lowest BCUT2D eigenvalue weighted by Crippen LogP contribution is -2.38. The van der Waals surface area contributed by atoms with Crippen molar-refractivity contribution < 1.29 is 4.79 Å². The summed E-state index contributed by atoms with van der Waals surface area (Å²) in [4.78, 5) is 30.9. The van der Waals surface area contributed by atoms with Crippen molar-refractivity contribution in [3.05, 3.63) is 59.2 Å². The predicted octanol–water partition coefficient (Wildman–Crippen LogP) is 3.70. The van der Waals surface area contributed by atoms with Gasteiger partial charge in [-0.05, 0) is 43.0 Å². The minimum atomic E-state index is -0.0112. The quantitative estimate of drug-likeness (QED) is 0.680. The lowest BCUT2D eigenvalue weighted by Gasteiger charge is -2.35. The van der Waals surface area contributed by atoms with Gasteiger partial charge in [0.15, 0.2) is 5.82 Å². The first-order chi connectivity index (χ1) is 15.6. The molecule has 5 rings (SSSR count). The van der Waals surface area contributed by atoms with Crippen molar-refractivity contribution in [2.75, 3.05) is 25.5 Å². The van der Waals surface area contributed by atoms with Crippen LogP contribution >= 0.6 is 0 Å². The van der Waals surface area contributed by atoms with Gasteiger partial charge in [-0.2, -0.15) is 0 Å². The number of likely N-dealkylation sites (tertiary alicyclic amines) is 1. The number of anilines is 1. The average Bonchev–Trinajstić information content (AvgIpc) is 2.83. The van der Waals surface area contributed by atoms with Crippen LogP contribution in [0.5, 0.6) is 0 Å². The van der Waals surface area contributed by atoms with Gasteiger partial charge in [0.25, 0.3) is 0 Å². The minimum Gasteiger partial charge on any atom is -0.373 e. The third-order valence-corrected chi connectivity index (χ3v) is 6.67. The molecule has 1 N–H and O–H groups in total. The van der Waals surface area contributed by atoms with Crippen LogP contribution in [0.2, 0.25) is 0 Å². The van der Waals surface area contributed by atoms with E-state index in [4.69, 9.17) is 9.97 Å². The third-order valence-electron chi connectivity index (χ3n) is 6.67. The lowest BCUT2D eigenvalue weighted by molar-refractivity contribution is -0.132. The van der Waals surface area contributed by atoms with E-state index in [2.05, 4.69) is 39.5 Å². The van der Waals surface area contributed by atoms with Crippen LogP contribution in [-0.4, -0.2) is 50.8 Å². The van der Waals surface area contributed by atoms with E-state index in [-0.39, 0.29) is 11.9 Å². The number of hydrogen-bond donors (Lipinski definition) is 1. The number of aromatic nitrogens is 3. The molecule has 1 unspecified atom stereocenters. The van der Waals surface area contributed by atoms with E-state index < -0.39 is 0 Å². The Bertz CT molecular complexity index is 1130. The number of hydrogen-bond acceptors (Lipinski definition) is 6. The molecule has 1 amide bonds. The molecule has 0 bridgehead atoms. The van der Waals surface area contributed by atoms with Gasteiger partial charge in [0, 0.05) is 63.7 Å². The van der Waals surface area contributed by atoms with Gasteiger partial charge in [-0.25, -0.2) is 9.97 Å². The van der Waals surface area contributed by atoms with E-state index in [0.29, 0.717) is 0 Å². The molecule has 0 radical (unpaired) electrons. The number of carbonyl (C=O) groups excluding carboxylic acids is 1. The first kappa shape index (κ1) is 20.8. The highest BCUT2D eigenvalue weighted by molar-refractivity contribution is 5.78. The Kier molecular flexibility index (Phi) is 5.74. The Hall–Kier alpha value is -3.06. The fourth-order valence-electron chi connectivity index (χ4n) is 5.04. The van der Waals surface area contributed by atoms with Gasteiger partial charge in [0.1, 0.15) is 5.82 Å². The topological polar surface area (TPSA) is 74.2 Å². The summed E-state index contributed by atoms with van der Waals surface area (Å²) in [6.45, 7) is 5.10. The first-order valence-electron chi connectivity index (χ1n) is 11.5. The van der Waals surface area contributed by atoms with Gasteiger partial charge in [-0.3, -0.25) is 14.7 Å². The molecular weight excluding hydrogens is 400 g/mol. The number of rotatable bonds is 4. The zero-order chi connectivity index (χ0) is 22.1. The van der Waals surface area contributed by atoms with E-state index in [1.54, 1.807) is 6.92 Å². The van der Waals surface area contributed by atoms with Gasteiger partial charge in [-0.1, -0.05) is 12.1 Å². The van der Waals surface area contributed by atoms with E-state index >= 15 is 0 Å². The lowest BCUT2D eigenvalue weighted by atomic mass is 9.99. The molecule has 7 heteroatoms. The summed E-state index contributed by atoms with van der Waals surface area (Å²) in [5, 5.41) is 4.47. The number of fused-ring (bicyclic) bond motifs is 2. The third kappa shape index (κ3) is 4.05. The molecule has 2 aromatic heterocycles. The second-order valence-electron chi connectivity index (χ2n) is 8.82. The number of nitrogens with zero attached hydrogens (tertiary/aromatic N) is 5. The molecule has 3 aromatic rings. The molecule has 166 valence electrons. The second-order valence-corrected chi connectivity index (χ2v) is 8.82. The molecule has 1 aromatic carbocycles. The smallest absolute Gasteiger partial charge is 0.220 e. The number of amides is 1. The van der Waals surface area contributed by atoms with Crippen molar-refractivity contribution in [3.8, 4) is 0 Å². The standard InChI is InChI=1S/C25H30N6O/c1-17(32)31-12-4-3-7-23(31)25-28-22-10-13-30(16-20(22)24(26-2)29-25)15-18-8-9-21-19(14-18)6-5-11-27-21/h5-6,8-9,11,14,23H,3-4,7,10,12-13,15-16H2,1-2H3,(H,26,28,29). The summed E-state index contributed by atoms with van der Waals surface area (Å²) in [5.74, 6) is 1.80. The van der Waals surface area contributed by atoms with Gasteiger partial charge >= 0.3 is 0 Å². The monoisotopic (exact) mass is 430 g/mol. The van der Waals surface area contributed by atoms with E-state index in [1.807, 2.05) is 24.2 Å². The maximum absolute atomic E-state index is 12.2. The molecule has 1 saturated heterocycles. The molecule has 0 saturated carbocycles. The van der Waals surface area contributed by atoms with Crippen LogP contribution in [-0.2, 0) is 24.3 Å². The SMILES string of the molecule is CNc1nc(C2CCCCN2C(C)=O)nc2c1CN(Cc1ccc3ncccc3c1)CC2. The number of nitrogens with one attached hydrogen (secondary N) is 1. The van der Waals surface area contributed by atoms with Crippen LogP contribution in [0.15, 0.2) is 36.5 Å². The maximum Gasteiger partial charge on any atom is 0.220 e. The number of carbonyl (C=O) groups is 1. The van der Waals surface area contributed by atoms with Crippen LogP contribution in [0.25, 0.3) is 10.9 Å². The summed E-state index contributed by atoms with van der Waals surface area (Å²) < 4.78 is 0. The number of piperidine rings is 1. The van der Waals surface area contributed by atoms with Crippen molar-refractivity contribution in [1.82, 2.24) is 24.8 Å². The van der Waals surface area contributed by atoms with Crippen LogP contribution in [0, 0.1) is 0 Å². The molecule has 1 fully saturated rings. The molecule has 4 heterocycles. The van der Waals surface area contributed by atoms with Crippen molar-refractivity contribution in [1.29, 1.82) is 0 Å². The van der Waals surface area contributed by atoms with Crippen molar-refractivity contribution >= 4 is 22.6 Å². The number of benzene rings is 1. The molecule has 2 aliphatic rings. The van der Waals surface area contributed by atoms with Crippen LogP contribution in [0.3, 0.4) is 0 Å². The average molecular weight is 431 g/mol. The molecule has 0 aliphatic carbocycles. The summed E-state index contributed by atoms with van der Waals surface area (Å²) in [6, 6.07) is 10.6. The van der Waals surface area contributed by atoms with Crippen molar-refractivity contribution in [2.24, 2.45) is 0 Å². The van der Waals surface area contributed by atoms with E-state index in [0.717, 1.165) is 74.7 Å². The highest BCUT2D eigenvalue weighted by Gasteiger charge is 2.30. The van der Waals surface area contributed by atoms with Crippen molar-refractivity contribution in [2.45, 2.75) is 51.7 Å². The molecule has 2 aliphatic heterocycles. The maximum atomic E-state index is 12.2. The van der Waals surface area contributed by atoms with Gasteiger partial charge in [-0.15, -0.1) is 0 Å². The Labute approximate surface area is 188 Å². The highest BCUT2D eigenvalue weighted by atomic mass is 16.2. The van der Waals surface area contributed by atoms with Crippen LogP contribution < -0.4 is 5.32 Å². The van der Waals surface area contributed by atoms with Crippen molar-refractivity contribution in [3.63, 3.8) is 0 Å². The Morgan fingerprint density at radius 1 is 1.19 bits per heavy atom. The zero-order valence-electron chi connectivity index (χ0n) is 18.8. The minimum absolute atomic E-state index is 0.0112. The van der Waals surface area contributed by atoms with Gasteiger partial charge in [0.2, 0.25) is 5.91 Å². The van der Waals surface area contributed by atoms with Gasteiger partial charge < -0.3 is 10.2 Å². The van der Waals surface area contributed by atoms with E-state index in [1.165, 1.54) is 16.5 Å². The predicted molar refractivity (Wildman–Crippen MR) is 125 cm³/mol. The summed E-state index contributed by atoms with van der Waals surface area (Å²) in [7, 11) is 1.92. The molecule has 0 spiro atoms. The molecule has 32 heavy (non-hydrogen) atoms. The fraction of sp³-hybridized carbons (Fsp3) is 0.440. The van der Waals surface area contributed by atoms with Gasteiger partial charge in [0.05, 0.1) is 17.3 Å². The molecule has 7 nitrogen and oxygen atoms in total. The zero-order valence-corrected chi connectivity index (χ0v) is 18.8. The fourth-order valence-corrected chi connectivity index (χ4v) is 5.04. The molecular formula is C25H30N6O. The Morgan fingerprint density at radius 2 is 2.09 bits per heavy atom. The first-order valence-corrected chi connectivity index (χ1v) is 11.5. The van der Waals surface area contributed by atoms with E-state index in [9.17, 15) is 4.79 Å². The largest absolute Gasteiger partial charge is 0.373 e. The summed E-state index contributed by atoms with van der Waals surface area (Å²) in [6.07, 6.45) is 5.82. The second kappa shape index (κ2) is 8.82. The Morgan fingerprint density at radius 3 is 2.94 bits per heavy atom. The Balaban J connectivity index is 1.38.